The van der Waals surface area contributed by atoms with Crippen LogP contribution in [0.5, 0.6) is 0 Å². The highest BCUT2D eigenvalue weighted by Crippen LogP contribution is 2.30. The van der Waals surface area contributed by atoms with Gasteiger partial charge in [-0.1, -0.05) is 28.9 Å². The first-order valence-electron chi connectivity index (χ1n) is 6.47. The number of benzene rings is 1. The zero-order valence-electron chi connectivity index (χ0n) is 10.8. The zero-order chi connectivity index (χ0) is 13.9. The SMILES string of the molecule is N#Cc1nnn(Cc2ccc(Cl)cc2)c1C1CCCO1. The van der Waals surface area contributed by atoms with E-state index in [0.717, 1.165) is 30.7 Å². The Labute approximate surface area is 121 Å². The fourth-order valence-corrected chi connectivity index (χ4v) is 2.52. The van der Waals surface area contributed by atoms with E-state index in [-0.39, 0.29) is 6.10 Å². The van der Waals surface area contributed by atoms with Crippen molar-refractivity contribution in [3.8, 4) is 6.07 Å². The lowest BCUT2D eigenvalue weighted by Gasteiger charge is -2.12. The van der Waals surface area contributed by atoms with E-state index >= 15 is 0 Å². The topological polar surface area (TPSA) is 63.7 Å². The van der Waals surface area contributed by atoms with Crippen LogP contribution in [0.2, 0.25) is 5.02 Å². The maximum atomic E-state index is 9.16. The number of nitrogens with zero attached hydrogens (tertiary/aromatic N) is 4. The molecule has 1 unspecified atom stereocenters. The second kappa shape index (κ2) is 5.61. The Balaban J connectivity index is 1.91. The van der Waals surface area contributed by atoms with Gasteiger partial charge in [-0.05, 0) is 30.5 Å². The molecule has 1 fully saturated rings. The van der Waals surface area contributed by atoms with Crippen molar-refractivity contribution in [3.05, 3.63) is 46.2 Å². The Morgan fingerprint density at radius 2 is 2.20 bits per heavy atom. The van der Waals surface area contributed by atoms with E-state index in [0.29, 0.717) is 17.3 Å². The molecule has 1 aromatic heterocycles. The van der Waals surface area contributed by atoms with Crippen molar-refractivity contribution < 1.29 is 4.74 Å². The number of aromatic nitrogens is 3. The van der Waals surface area contributed by atoms with E-state index in [4.69, 9.17) is 21.6 Å². The lowest BCUT2D eigenvalue weighted by molar-refractivity contribution is 0.104. The molecular formula is C14H13ClN4O. The van der Waals surface area contributed by atoms with Gasteiger partial charge >= 0.3 is 0 Å². The number of nitriles is 1. The molecule has 0 bridgehead atoms. The molecule has 2 aromatic rings. The van der Waals surface area contributed by atoms with Gasteiger partial charge < -0.3 is 4.74 Å². The fraction of sp³-hybridized carbons (Fsp3) is 0.357. The number of ether oxygens (including phenoxy) is 1. The number of hydrogen-bond donors (Lipinski definition) is 0. The number of hydrogen-bond acceptors (Lipinski definition) is 4. The van der Waals surface area contributed by atoms with Crippen LogP contribution in [0.4, 0.5) is 0 Å². The summed E-state index contributed by atoms with van der Waals surface area (Å²) >= 11 is 5.88. The molecule has 0 spiro atoms. The molecule has 1 aromatic carbocycles. The minimum Gasteiger partial charge on any atom is -0.372 e. The van der Waals surface area contributed by atoms with Crippen molar-refractivity contribution in [2.24, 2.45) is 0 Å². The van der Waals surface area contributed by atoms with Gasteiger partial charge in [0, 0.05) is 11.6 Å². The fourth-order valence-electron chi connectivity index (χ4n) is 2.39. The highest BCUT2D eigenvalue weighted by molar-refractivity contribution is 6.30. The third-order valence-corrected chi connectivity index (χ3v) is 3.61. The normalized spacial score (nSPS) is 18.1. The van der Waals surface area contributed by atoms with Crippen molar-refractivity contribution in [2.45, 2.75) is 25.5 Å². The first-order valence-corrected chi connectivity index (χ1v) is 6.85. The summed E-state index contributed by atoms with van der Waals surface area (Å²) in [6, 6.07) is 9.65. The summed E-state index contributed by atoms with van der Waals surface area (Å²) in [6.07, 6.45) is 1.83. The maximum Gasteiger partial charge on any atom is 0.188 e. The Morgan fingerprint density at radius 3 is 2.85 bits per heavy atom. The van der Waals surface area contributed by atoms with Crippen LogP contribution < -0.4 is 0 Å². The molecule has 0 N–H and O–H groups in total. The van der Waals surface area contributed by atoms with E-state index in [9.17, 15) is 0 Å². The van der Waals surface area contributed by atoms with Gasteiger partial charge in [-0.3, -0.25) is 0 Å². The van der Waals surface area contributed by atoms with E-state index in [1.807, 2.05) is 24.3 Å². The Kier molecular flexibility index (Phi) is 3.68. The molecule has 3 rings (SSSR count). The van der Waals surface area contributed by atoms with Crippen LogP contribution in [0, 0.1) is 11.3 Å². The van der Waals surface area contributed by atoms with Crippen LogP contribution in [0.25, 0.3) is 0 Å². The van der Waals surface area contributed by atoms with Crippen LogP contribution in [-0.2, 0) is 11.3 Å². The standard InChI is InChI=1S/C14H13ClN4O/c15-11-5-3-10(4-6-11)9-19-14(12(8-16)17-18-19)13-2-1-7-20-13/h3-6,13H,1-2,7,9H2. The lowest BCUT2D eigenvalue weighted by atomic mass is 10.1. The van der Waals surface area contributed by atoms with E-state index in [2.05, 4.69) is 16.4 Å². The van der Waals surface area contributed by atoms with Gasteiger partial charge in [0.15, 0.2) is 5.69 Å². The Hall–Kier alpha value is -1.90. The Bertz CT molecular complexity index is 638. The predicted octanol–water partition coefficient (Wildman–Crippen LogP) is 2.70. The van der Waals surface area contributed by atoms with Gasteiger partial charge in [-0.2, -0.15) is 5.26 Å². The molecule has 2 heterocycles. The summed E-state index contributed by atoms with van der Waals surface area (Å²) in [5.41, 5.74) is 2.19. The summed E-state index contributed by atoms with van der Waals surface area (Å²) in [6.45, 7) is 1.28. The van der Waals surface area contributed by atoms with E-state index in [1.165, 1.54) is 0 Å². The molecule has 1 aliphatic heterocycles. The smallest absolute Gasteiger partial charge is 0.188 e. The van der Waals surface area contributed by atoms with Crippen molar-refractivity contribution >= 4 is 11.6 Å². The molecule has 20 heavy (non-hydrogen) atoms. The molecule has 0 amide bonds. The first kappa shape index (κ1) is 13.1. The van der Waals surface area contributed by atoms with Crippen LogP contribution >= 0.6 is 11.6 Å². The molecule has 0 radical (unpaired) electrons. The van der Waals surface area contributed by atoms with Crippen LogP contribution in [0.3, 0.4) is 0 Å². The van der Waals surface area contributed by atoms with Gasteiger partial charge in [0.25, 0.3) is 0 Å². The van der Waals surface area contributed by atoms with Crippen molar-refractivity contribution in [1.29, 1.82) is 5.26 Å². The average molecular weight is 289 g/mol. The van der Waals surface area contributed by atoms with Gasteiger partial charge in [0.05, 0.1) is 6.54 Å². The molecule has 0 aliphatic carbocycles. The van der Waals surface area contributed by atoms with Crippen LogP contribution in [0.15, 0.2) is 24.3 Å². The van der Waals surface area contributed by atoms with Gasteiger partial charge in [-0.15, -0.1) is 5.10 Å². The summed E-state index contributed by atoms with van der Waals surface area (Å²) in [7, 11) is 0. The molecule has 1 aliphatic rings. The molecule has 0 saturated carbocycles. The van der Waals surface area contributed by atoms with Crippen molar-refractivity contribution in [2.75, 3.05) is 6.61 Å². The second-order valence-electron chi connectivity index (χ2n) is 4.72. The quantitative estimate of drug-likeness (QED) is 0.871. The minimum absolute atomic E-state index is 0.0769. The summed E-state index contributed by atoms with van der Waals surface area (Å²) in [4.78, 5) is 0. The molecular weight excluding hydrogens is 276 g/mol. The van der Waals surface area contributed by atoms with Gasteiger partial charge in [0.2, 0.25) is 0 Å². The molecule has 6 heteroatoms. The highest BCUT2D eigenvalue weighted by atomic mass is 35.5. The minimum atomic E-state index is -0.0769. The van der Waals surface area contributed by atoms with Crippen molar-refractivity contribution in [1.82, 2.24) is 15.0 Å². The monoisotopic (exact) mass is 288 g/mol. The largest absolute Gasteiger partial charge is 0.372 e. The van der Waals surface area contributed by atoms with E-state index in [1.54, 1.807) is 4.68 Å². The first-order chi connectivity index (χ1) is 9.78. The summed E-state index contributed by atoms with van der Waals surface area (Å²) in [5, 5.41) is 17.9. The molecule has 102 valence electrons. The maximum absolute atomic E-state index is 9.16. The molecule has 1 saturated heterocycles. The van der Waals surface area contributed by atoms with Gasteiger partial charge in [0.1, 0.15) is 17.9 Å². The Morgan fingerprint density at radius 1 is 1.40 bits per heavy atom. The number of halogens is 1. The molecule has 1 atom stereocenters. The van der Waals surface area contributed by atoms with E-state index < -0.39 is 0 Å². The molecule has 5 nitrogen and oxygen atoms in total. The zero-order valence-corrected chi connectivity index (χ0v) is 11.5. The van der Waals surface area contributed by atoms with Crippen LogP contribution in [0.1, 0.15) is 35.9 Å². The number of rotatable bonds is 3. The second-order valence-corrected chi connectivity index (χ2v) is 5.16. The highest BCUT2D eigenvalue weighted by Gasteiger charge is 2.26. The van der Waals surface area contributed by atoms with Gasteiger partial charge in [-0.25, -0.2) is 4.68 Å². The average Bonchev–Trinajstić information content (AvgIpc) is 3.10. The third kappa shape index (κ3) is 2.53. The predicted molar refractivity (Wildman–Crippen MR) is 73.2 cm³/mol. The third-order valence-electron chi connectivity index (χ3n) is 3.36. The lowest BCUT2D eigenvalue weighted by Crippen LogP contribution is -2.11. The summed E-state index contributed by atoms with van der Waals surface area (Å²) < 4.78 is 7.41. The van der Waals surface area contributed by atoms with Crippen molar-refractivity contribution in [3.63, 3.8) is 0 Å². The summed E-state index contributed by atoms with van der Waals surface area (Å²) in [5.74, 6) is 0. The van der Waals surface area contributed by atoms with Crippen LogP contribution in [-0.4, -0.2) is 21.6 Å².